The van der Waals surface area contributed by atoms with E-state index in [4.69, 9.17) is 5.73 Å². The number of carbonyl (C=O) groups is 1. The maximum Gasteiger partial charge on any atom is 0.253 e. The van der Waals surface area contributed by atoms with Crippen LogP contribution in [0.4, 0.5) is 15.3 Å². The Labute approximate surface area is 205 Å². The number of rotatable bonds is 7. The molecule has 1 amide bonds. The Morgan fingerprint density at radius 1 is 1.03 bits per heavy atom. The van der Waals surface area contributed by atoms with Gasteiger partial charge in [-0.1, -0.05) is 0 Å². The van der Waals surface area contributed by atoms with Gasteiger partial charge < -0.3 is 20.4 Å². The van der Waals surface area contributed by atoms with Crippen LogP contribution in [0.1, 0.15) is 12.8 Å². The van der Waals surface area contributed by atoms with E-state index in [2.05, 4.69) is 9.80 Å². The lowest BCUT2D eigenvalue weighted by Crippen LogP contribution is -2.42. The minimum atomic E-state index is -3.94. The molecule has 0 aromatic heterocycles. The SMILES string of the molecule is NCCS(=O)(=O)C(SF)C(=O)N1CCC2(CCN(c3ccc(N4CCS(=O)(=O)CC4)cc3)C2)C1. The van der Waals surface area contributed by atoms with Crippen LogP contribution in [-0.2, 0) is 24.5 Å². The molecule has 3 aliphatic rings. The van der Waals surface area contributed by atoms with Crippen LogP contribution in [-0.4, -0.2) is 95.3 Å². The minimum Gasteiger partial charge on any atom is -0.371 e. The van der Waals surface area contributed by atoms with Crippen LogP contribution in [0.25, 0.3) is 0 Å². The lowest BCUT2D eigenvalue weighted by molar-refractivity contribution is -0.128. The zero-order valence-electron chi connectivity index (χ0n) is 18.9. The first-order valence-corrected chi connectivity index (χ1v) is 15.7. The second-order valence-corrected chi connectivity index (χ2v) is 14.9. The minimum absolute atomic E-state index is 0.140. The first-order chi connectivity index (χ1) is 16.1. The smallest absolute Gasteiger partial charge is 0.253 e. The largest absolute Gasteiger partial charge is 0.371 e. The van der Waals surface area contributed by atoms with Gasteiger partial charge in [-0.25, -0.2) is 16.8 Å². The average molecular weight is 535 g/mol. The van der Waals surface area contributed by atoms with Gasteiger partial charge in [0, 0.05) is 62.6 Å². The number of anilines is 2. The Hall–Kier alpha value is -1.57. The van der Waals surface area contributed by atoms with E-state index in [0.29, 0.717) is 26.2 Å². The van der Waals surface area contributed by atoms with E-state index in [1.807, 2.05) is 24.3 Å². The normalized spacial score (nSPS) is 25.8. The second-order valence-electron chi connectivity index (χ2n) is 9.41. The van der Waals surface area contributed by atoms with Gasteiger partial charge >= 0.3 is 0 Å². The fourth-order valence-corrected chi connectivity index (χ4v) is 8.28. The third-order valence-electron chi connectivity index (χ3n) is 7.12. The van der Waals surface area contributed by atoms with Crippen molar-refractivity contribution in [1.29, 1.82) is 0 Å². The van der Waals surface area contributed by atoms with Gasteiger partial charge in [0.2, 0.25) is 4.58 Å². The Kier molecular flexibility index (Phi) is 7.37. The molecule has 4 rings (SSSR count). The van der Waals surface area contributed by atoms with Crippen molar-refractivity contribution in [1.82, 2.24) is 4.90 Å². The van der Waals surface area contributed by atoms with Crippen LogP contribution in [0.5, 0.6) is 0 Å². The van der Waals surface area contributed by atoms with Gasteiger partial charge in [-0.15, -0.1) is 0 Å². The number of benzene rings is 1. The Morgan fingerprint density at radius 3 is 2.21 bits per heavy atom. The molecule has 1 aromatic rings. The first kappa shape index (κ1) is 25.5. The number of halogens is 1. The summed E-state index contributed by atoms with van der Waals surface area (Å²) in [5, 5.41) is 0. The molecular formula is C21H31FN4O5S3. The van der Waals surface area contributed by atoms with Gasteiger partial charge in [-0.3, -0.25) is 4.79 Å². The van der Waals surface area contributed by atoms with Crippen LogP contribution >= 0.6 is 12.1 Å². The van der Waals surface area contributed by atoms with Crippen molar-refractivity contribution in [2.45, 2.75) is 17.4 Å². The molecule has 3 fully saturated rings. The topological polar surface area (TPSA) is 121 Å². The fourth-order valence-electron chi connectivity index (χ4n) is 5.12. The summed E-state index contributed by atoms with van der Waals surface area (Å²) in [5.41, 5.74) is 7.23. The molecule has 9 nitrogen and oxygen atoms in total. The highest BCUT2D eigenvalue weighted by Crippen LogP contribution is 2.42. The Morgan fingerprint density at radius 2 is 1.62 bits per heavy atom. The predicted molar refractivity (Wildman–Crippen MR) is 133 cm³/mol. The van der Waals surface area contributed by atoms with Crippen LogP contribution in [0.15, 0.2) is 24.3 Å². The number of hydrogen-bond acceptors (Lipinski definition) is 9. The fraction of sp³-hybridized carbons (Fsp3) is 0.667. The molecule has 3 heterocycles. The summed E-state index contributed by atoms with van der Waals surface area (Å²) in [6.45, 7) is 3.23. The lowest BCUT2D eigenvalue weighted by Gasteiger charge is -2.29. The third-order valence-corrected chi connectivity index (χ3v) is 11.9. The maximum atomic E-state index is 13.4. The van der Waals surface area contributed by atoms with Crippen molar-refractivity contribution in [2.75, 3.05) is 72.9 Å². The second kappa shape index (κ2) is 9.82. The van der Waals surface area contributed by atoms with Crippen molar-refractivity contribution in [3.8, 4) is 0 Å². The quantitative estimate of drug-likeness (QED) is 0.538. The Bertz CT molecular complexity index is 1100. The molecule has 2 unspecified atom stereocenters. The van der Waals surface area contributed by atoms with Crippen molar-refractivity contribution in [3.63, 3.8) is 0 Å². The molecule has 0 saturated carbocycles. The maximum absolute atomic E-state index is 13.4. The molecule has 3 saturated heterocycles. The van der Waals surface area contributed by atoms with Gasteiger partial charge in [-0.2, -0.15) is 3.89 Å². The van der Waals surface area contributed by atoms with Crippen molar-refractivity contribution in [2.24, 2.45) is 11.1 Å². The van der Waals surface area contributed by atoms with Crippen LogP contribution in [0.3, 0.4) is 0 Å². The molecule has 0 radical (unpaired) electrons. The summed E-state index contributed by atoms with van der Waals surface area (Å²) in [5.74, 6) is -0.762. The highest BCUT2D eigenvalue weighted by molar-refractivity contribution is 8.11. The standard InChI is InChI=1S/C21H31FN4O5S3/c22-32-20(34(30,31)12-7-23)19(27)26-9-6-21(16-26)5-8-25(15-21)18-3-1-17(2-4-18)24-10-13-33(28,29)14-11-24/h1-4,20H,5-16,23H2. The Balaban J connectivity index is 1.37. The zero-order chi connectivity index (χ0) is 24.6. The third kappa shape index (κ3) is 5.31. The number of sulfone groups is 2. The molecule has 3 aliphatic heterocycles. The summed E-state index contributed by atoms with van der Waals surface area (Å²) >= 11 is -0.429. The summed E-state index contributed by atoms with van der Waals surface area (Å²) in [4.78, 5) is 18.6. The van der Waals surface area contributed by atoms with Gasteiger partial charge in [-0.05, 0) is 37.1 Å². The van der Waals surface area contributed by atoms with E-state index in [-0.39, 0.29) is 23.5 Å². The van der Waals surface area contributed by atoms with E-state index in [9.17, 15) is 25.5 Å². The molecule has 1 spiro atoms. The molecule has 0 bridgehead atoms. The van der Waals surface area contributed by atoms with Crippen molar-refractivity contribution in [3.05, 3.63) is 24.3 Å². The van der Waals surface area contributed by atoms with E-state index in [0.717, 1.165) is 37.3 Å². The molecule has 0 aliphatic carbocycles. The molecule has 1 aromatic carbocycles. The molecular weight excluding hydrogens is 503 g/mol. The van der Waals surface area contributed by atoms with E-state index >= 15 is 0 Å². The van der Waals surface area contributed by atoms with E-state index in [1.54, 1.807) is 0 Å². The number of nitrogens with zero attached hydrogens (tertiary/aromatic N) is 3. The number of amides is 1. The van der Waals surface area contributed by atoms with Crippen LogP contribution in [0.2, 0.25) is 0 Å². The number of carbonyl (C=O) groups excluding carboxylic acids is 1. The highest BCUT2D eigenvalue weighted by Gasteiger charge is 2.47. The predicted octanol–water partition coefficient (Wildman–Crippen LogP) is 0.668. The van der Waals surface area contributed by atoms with Crippen molar-refractivity contribution >= 4 is 49.1 Å². The number of nitrogens with two attached hydrogens (primary N) is 1. The molecule has 2 atom stereocenters. The van der Waals surface area contributed by atoms with Gasteiger partial charge in [0.1, 0.15) is 0 Å². The highest BCUT2D eigenvalue weighted by atomic mass is 32.3. The number of likely N-dealkylation sites (tertiary alicyclic amines) is 1. The van der Waals surface area contributed by atoms with E-state index in [1.165, 1.54) is 4.90 Å². The monoisotopic (exact) mass is 534 g/mol. The molecule has 190 valence electrons. The van der Waals surface area contributed by atoms with Crippen LogP contribution in [0, 0.1) is 5.41 Å². The number of hydrogen-bond donors (Lipinski definition) is 1. The zero-order valence-corrected chi connectivity index (χ0v) is 21.4. The van der Waals surface area contributed by atoms with Gasteiger partial charge in [0.15, 0.2) is 19.7 Å². The first-order valence-electron chi connectivity index (χ1n) is 11.4. The van der Waals surface area contributed by atoms with Gasteiger partial charge in [0.05, 0.1) is 29.4 Å². The lowest BCUT2D eigenvalue weighted by atomic mass is 9.86. The molecule has 2 N–H and O–H groups in total. The molecule has 34 heavy (non-hydrogen) atoms. The summed E-state index contributed by atoms with van der Waals surface area (Å²) in [6.07, 6.45) is 1.61. The van der Waals surface area contributed by atoms with Gasteiger partial charge in [0.25, 0.3) is 5.91 Å². The average Bonchev–Trinajstić information content (AvgIpc) is 3.41. The molecule has 13 heteroatoms. The van der Waals surface area contributed by atoms with E-state index < -0.39 is 48.1 Å². The van der Waals surface area contributed by atoms with Crippen LogP contribution < -0.4 is 15.5 Å². The summed E-state index contributed by atoms with van der Waals surface area (Å²) in [6, 6.07) is 8.08. The summed E-state index contributed by atoms with van der Waals surface area (Å²) < 4.78 is 59.5. The summed E-state index contributed by atoms with van der Waals surface area (Å²) in [7, 11) is -6.87. The van der Waals surface area contributed by atoms with Crippen molar-refractivity contribution < 1.29 is 25.5 Å².